The SMILES string of the molecule is CCOC(=O)N1CCC(NC(=O)CSCc2nc3ccccc3s2)CC1. The molecule has 0 atom stereocenters. The number of likely N-dealkylation sites (tertiary alicyclic amines) is 1. The van der Waals surface area contributed by atoms with Crippen molar-refractivity contribution in [3.63, 3.8) is 0 Å². The van der Waals surface area contributed by atoms with Crippen molar-refractivity contribution in [2.24, 2.45) is 0 Å². The smallest absolute Gasteiger partial charge is 0.409 e. The summed E-state index contributed by atoms with van der Waals surface area (Å²) in [7, 11) is 0. The van der Waals surface area contributed by atoms with Gasteiger partial charge in [-0.25, -0.2) is 9.78 Å². The van der Waals surface area contributed by atoms with Crippen molar-refractivity contribution in [1.29, 1.82) is 0 Å². The molecular formula is C18H23N3O3S2. The van der Waals surface area contributed by atoms with Gasteiger partial charge in [-0.1, -0.05) is 12.1 Å². The van der Waals surface area contributed by atoms with E-state index < -0.39 is 0 Å². The number of amides is 2. The van der Waals surface area contributed by atoms with Crippen molar-refractivity contribution >= 4 is 45.3 Å². The maximum absolute atomic E-state index is 12.1. The first kappa shape index (κ1) is 19.0. The fourth-order valence-electron chi connectivity index (χ4n) is 2.90. The van der Waals surface area contributed by atoms with Crippen molar-refractivity contribution in [1.82, 2.24) is 15.2 Å². The van der Waals surface area contributed by atoms with E-state index in [-0.39, 0.29) is 18.0 Å². The van der Waals surface area contributed by atoms with E-state index in [9.17, 15) is 9.59 Å². The number of para-hydroxylation sites is 1. The average molecular weight is 394 g/mol. The predicted molar refractivity (Wildman–Crippen MR) is 106 cm³/mol. The predicted octanol–water partition coefficient (Wildman–Crippen LogP) is 3.27. The van der Waals surface area contributed by atoms with Gasteiger partial charge in [0.2, 0.25) is 5.91 Å². The summed E-state index contributed by atoms with van der Waals surface area (Å²) in [4.78, 5) is 30.1. The molecule has 2 amide bonds. The Kier molecular flexibility index (Phi) is 6.73. The Balaban J connectivity index is 1.36. The van der Waals surface area contributed by atoms with Crippen molar-refractivity contribution in [3.8, 4) is 0 Å². The fourth-order valence-corrected chi connectivity index (χ4v) is 4.76. The Labute approximate surface area is 161 Å². The van der Waals surface area contributed by atoms with Gasteiger partial charge in [0.25, 0.3) is 0 Å². The van der Waals surface area contributed by atoms with Crippen molar-refractivity contribution in [3.05, 3.63) is 29.3 Å². The number of hydrogen-bond acceptors (Lipinski definition) is 6. The Morgan fingerprint density at radius 1 is 1.35 bits per heavy atom. The summed E-state index contributed by atoms with van der Waals surface area (Å²) < 4.78 is 6.19. The van der Waals surface area contributed by atoms with Crippen LogP contribution in [0.2, 0.25) is 0 Å². The van der Waals surface area contributed by atoms with E-state index in [2.05, 4.69) is 16.4 Å². The third kappa shape index (κ3) is 5.11. The van der Waals surface area contributed by atoms with Crippen LogP contribution < -0.4 is 5.32 Å². The number of fused-ring (bicyclic) bond motifs is 1. The molecule has 140 valence electrons. The standard InChI is InChI=1S/C18H23N3O3S2/c1-2-24-18(23)21-9-7-13(8-10-21)19-16(22)11-25-12-17-20-14-5-3-4-6-15(14)26-17/h3-6,13H,2,7-12H2,1H3,(H,19,22). The van der Waals surface area contributed by atoms with Crippen molar-refractivity contribution in [2.45, 2.75) is 31.6 Å². The first-order valence-corrected chi connectivity index (χ1v) is 10.8. The van der Waals surface area contributed by atoms with Crippen LogP contribution >= 0.6 is 23.1 Å². The summed E-state index contributed by atoms with van der Waals surface area (Å²) in [5.74, 6) is 1.22. The number of rotatable bonds is 6. The lowest BCUT2D eigenvalue weighted by Crippen LogP contribution is -2.47. The third-order valence-electron chi connectivity index (χ3n) is 4.18. The number of nitrogens with one attached hydrogen (secondary N) is 1. The molecule has 2 heterocycles. The molecule has 0 spiro atoms. The Morgan fingerprint density at radius 2 is 2.12 bits per heavy atom. The third-order valence-corrected chi connectivity index (χ3v) is 6.35. The number of ether oxygens (including phenoxy) is 1. The van der Waals surface area contributed by atoms with Gasteiger partial charge in [-0.15, -0.1) is 23.1 Å². The molecule has 0 saturated carbocycles. The van der Waals surface area contributed by atoms with Gasteiger partial charge in [0.15, 0.2) is 0 Å². The molecule has 1 saturated heterocycles. The summed E-state index contributed by atoms with van der Waals surface area (Å²) in [6.07, 6.45) is 1.28. The molecule has 0 bridgehead atoms. The van der Waals surface area contributed by atoms with E-state index in [1.165, 1.54) is 4.70 Å². The number of aromatic nitrogens is 1. The van der Waals surface area contributed by atoms with Gasteiger partial charge in [0, 0.05) is 24.9 Å². The fraction of sp³-hybridized carbons (Fsp3) is 0.500. The van der Waals surface area contributed by atoms with E-state index in [0.29, 0.717) is 25.4 Å². The zero-order valence-electron chi connectivity index (χ0n) is 14.8. The van der Waals surface area contributed by atoms with Gasteiger partial charge in [-0.05, 0) is 31.9 Å². The molecule has 1 N–H and O–H groups in total. The molecule has 6 nitrogen and oxygen atoms in total. The minimum Gasteiger partial charge on any atom is -0.450 e. The quantitative estimate of drug-likeness (QED) is 0.816. The molecule has 8 heteroatoms. The van der Waals surface area contributed by atoms with E-state index in [4.69, 9.17) is 4.74 Å². The lowest BCUT2D eigenvalue weighted by molar-refractivity contribution is -0.119. The summed E-state index contributed by atoms with van der Waals surface area (Å²) in [6.45, 7) is 3.45. The second-order valence-electron chi connectivity index (χ2n) is 6.10. The second kappa shape index (κ2) is 9.23. The van der Waals surface area contributed by atoms with Crippen LogP contribution in [0.5, 0.6) is 0 Å². The van der Waals surface area contributed by atoms with E-state index >= 15 is 0 Å². The molecule has 1 aliphatic rings. The Hall–Kier alpha value is -1.80. The molecule has 0 radical (unpaired) electrons. The van der Waals surface area contributed by atoms with Crippen LogP contribution in [0, 0.1) is 0 Å². The molecule has 26 heavy (non-hydrogen) atoms. The van der Waals surface area contributed by atoms with Crippen LogP contribution in [0.4, 0.5) is 4.79 Å². The zero-order chi connectivity index (χ0) is 18.4. The molecule has 3 rings (SSSR count). The number of nitrogens with zero attached hydrogens (tertiary/aromatic N) is 2. The molecule has 0 aliphatic carbocycles. The summed E-state index contributed by atoms with van der Waals surface area (Å²) >= 11 is 3.26. The number of thioether (sulfide) groups is 1. The second-order valence-corrected chi connectivity index (χ2v) is 8.20. The lowest BCUT2D eigenvalue weighted by atomic mass is 10.1. The highest BCUT2D eigenvalue weighted by Gasteiger charge is 2.24. The number of thiazole rings is 1. The minimum absolute atomic E-state index is 0.0469. The van der Waals surface area contributed by atoms with Crippen LogP contribution in [0.15, 0.2) is 24.3 Å². The highest BCUT2D eigenvalue weighted by atomic mass is 32.2. The lowest BCUT2D eigenvalue weighted by Gasteiger charge is -2.31. The summed E-state index contributed by atoms with van der Waals surface area (Å²) in [6, 6.07) is 8.21. The highest BCUT2D eigenvalue weighted by molar-refractivity contribution is 7.99. The normalized spacial score (nSPS) is 15.2. The van der Waals surface area contributed by atoms with Crippen LogP contribution in [0.1, 0.15) is 24.8 Å². The van der Waals surface area contributed by atoms with Crippen LogP contribution in [0.3, 0.4) is 0 Å². The summed E-state index contributed by atoms with van der Waals surface area (Å²) in [5.41, 5.74) is 1.02. The Bertz CT molecular complexity index is 724. The van der Waals surface area contributed by atoms with E-state index in [1.807, 2.05) is 18.2 Å². The Morgan fingerprint density at radius 3 is 2.85 bits per heavy atom. The molecule has 1 aliphatic heterocycles. The first-order chi connectivity index (χ1) is 12.7. The van der Waals surface area contributed by atoms with Gasteiger partial charge in [0.05, 0.1) is 22.6 Å². The van der Waals surface area contributed by atoms with Gasteiger partial charge >= 0.3 is 6.09 Å². The maximum Gasteiger partial charge on any atom is 0.409 e. The largest absolute Gasteiger partial charge is 0.450 e. The van der Waals surface area contributed by atoms with Gasteiger partial charge in [-0.3, -0.25) is 4.79 Å². The number of carbonyl (C=O) groups is 2. The number of benzene rings is 1. The topological polar surface area (TPSA) is 71.5 Å². The number of carbonyl (C=O) groups excluding carboxylic acids is 2. The van der Waals surface area contributed by atoms with E-state index in [1.54, 1.807) is 34.9 Å². The molecule has 1 fully saturated rings. The zero-order valence-corrected chi connectivity index (χ0v) is 16.4. The minimum atomic E-state index is -0.260. The molecule has 2 aromatic rings. The highest BCUT2D eigenvalue weighted by Crippen LogP contribution is 2.24. The first-order valence-electron chi connectivity index (χ1n) is 8.79. The monoisotopic (exact) mass is 393 g/mol. The van der Waals surface area contributed by atoms with Crippen LogP contribution in [-0.2, 0) is 15.3 Å². The van der Waals surface area contributed by atoms with Gasteiger partial charge in [0.1, 0.15) is 5.01 Å². The maximum atomic E-state index is 12.1. The molecule has 1 aromatic carbocycles. The number of hydrogen-bond donors (Lipinski definition) is 1. The number of piperidine rings is 1. The molecule has 0 unspecified atom stereocenters. The van der Waals surface area contributed by atoms with Crippen LogP contribution in [-0.4, -0.2) is 53.4 Å². The van der Waals surface area contributed by atoms with Crippen molar-refractivity contribution < 1.29 is 14.3 Å². The molecule has 1 aromatic heterocycles. The van der Waals surface area contributed by atoms with Gasteiger partial charge < -0.3 is 15.0 Å². The van der Waals surface area contributed by atoms with E-state index in [0.717, 1.165) is 29.1 Å². The van der Waals surface area contributed by atoms with Crippen molar-refractivity contribution in [2.75, 3.05) is 25.4 Å². The average Bonchev–Trinajstić information content (AvgIpc) is 3.05. The van der Waals surface area contributed by atoms with Gasteiger partial charge in [-0.2, -0.15) is 0 Å². The van der Waals surface area contributed by atoms with Crippen LogP contribution in [0.25, 0.3) is 10.2 Å². The summed E-state index contributed by atoms with van der Waals surface area (Å²) in [5, 5.41) is 4.12. The molecular weight excluding hydrogens is 370 g/mol.